The number of rotatable bonds is 6. The summed E-state index contributed by atoms with van der Waals surface area (Å²) in [4.78, 5) is 31.0. The molecule has 1 aromatic heterocycles. The van der Waals surface area contributed by atoms with Crippen LogP contribution in [0.25, 0.3) is 5.69 Å². The van der Waals surface area contributed by atoms with E-state index in [-0.39, 0.29) is 23.6 Å². The Labute approximate surface area is 190 Å². The van der Waals surface area contributed by atoms with E-state index in [9.17, 15) is 9.59 Å². The van der Waals surface area contributed by atoms with Crippen molar-refractivity contribution >= 4 is 23.0 Å². The summed E-state index contributed by atoms with van der Waals surface area (Å²) >= 11 is 0. The fraction of sp³-hybridized carbons (Fsp3) is 0.167. The lowest BCUT2D eigenvalue weighted by molar-refractivity contribution is -0.125. The first-order chi connectivity index (χ1) is 16.1. The third-order valence-electron chi connectivity index (χ3n) is 5.02. The highest BCUT2D eigenvalue weighted by Gasteiger charge is 2.21. The molecule has 0 unspecified atom stereocenters. The number of hydrogen-bond acceptors (Lipinski definition) is 7. The van der Waals surface area contributed by atoms with E-state index in [4.69, 9.17) is 15.2 Å². The zero-order valence-electron chi connectivity index (χ0n) is 18.0. The fourth-order valence-corrected chi connectivity index (χ4v) is 3.44. The first kappa shape index (κ1) is 22.0. The summed E-state index contributed by atoms with van der Waals surface area (Å²) in [7, 11) is 1.53. The van der Waals surface area contributed by atoms with Gasteiger partial charge in [0.05, 0.1) is 25.1 Å². The van der Waals surface area contributed by atoms with Gasteiger partial charge in [-0.25, -0.2) is 9.67 Å². The van der Waals surface area contributed by atoms with Crippen molar-refractivity contribution in [1.29, 1.82) is 0 Å². The van der Waals surface area contributed by atoms with Crippen LogP contribution in [0.3, 0.4) is 0 Å². The Hall–Kier alpha value is -4.24. The average Bonchev–Trinajstić information content (AvgIpc) is 2.85. The summed E-state index contributed by atoms with van der Waals surface area (Å²) in [6, 6.07) is 16.0. The molecular weight excluding hydrogens is 422 g/mol. The smallest absolute Gasteiger partial charge is 0.253 e. The molecule has 2 aromatic carbocycles. The van der Waals surface area contributed by atoms with Crippen LogP contribution < -0.4 is 20.8 Å². The van der Waals surface area contributed by atoms with E-state index >= 15 is 0 Å². The van der Waals surface area contributed by atoms with Gasteiger partial charge in [-0.2, -0.15) is 5.10 Å². The Balaban J connectivity index is 1.76. The second-order valence-electron chi connectivity index (χ2n) is 7.12. The van der Waals surface area contributed by atoms with E-state index in [0.717, 1.165) is 0 Å². The lowest BCUT2D eigenvalue weighted by atomic mass is 10.2. The SMILES string of the molecule is COc1cc(N2CCOCC2=O)ccc1-n1ccc(=O)c(C(C=CN)=Nc2ccccc2)n1. The predicted octanol–water partition coefficient (Wildman–Crippen LogP) is 2.20. The molecular formula is C24H23N5O4. The number of morpholine rings is 1. The highest BCUT2D eigenvalue weighted by molar-refractivity contribution is 6.08. The number of benzene rings is 2. The molecule has 9 nitrogen and oxygen atoms in total. The van der Waals surface area contributed by atoms with E-state index in [0.29, 0.717) is 41.7 Å². The van der Waals surface area contributed by atoms with E-state index < -0.39 is 0 Å². The lowest BCUT2D eigenvalue weighted by Crippen LogP contribution is -2.41. The van der Waals surface area contributed by atoms with Crippen LogP contribution in [0.5, 0.6) is 5.75 Å². The molecule has 0 spiro atoms. The number of ether oxygens (including phenoxy) is 2. The van der Waals surface area contributed by atoms with Gasteiger partial charge < -0.3 is 20.1 Å². The van der Waals surface area contributed by atoms with Crippen LogP contribution in [0.15, 0.2) is 82.9 Å². The molecule has 0 aliphatic carbocycles. The minimum absolute atomic E-state index is 0.0485. The first-order valence-electron chi connectivity index (χ1n) is 10.3. The monoisotopic (exact) mass is 445 g/mol. The minimum atomic E-state index is -0.298. The number of carbonyl (C=O) groups excluding carboxylic acids is 1. The van der Waals surface area contributed by atoms with Gasteiger partial charge in [0.15, 0.2) is 5.69 Å². The second-order valence-corrected chi connectivity index (χ2v) is 7.12. The number of allylic oxidation sites excluding steroid dienone is 1. The molecule has 1 aliphatic rings. The number of anilines is 1. The number of para-hydroxylation sites is 1. The topological polar surface area (TPSA) is 112 Å². The van der Waals surface area contributed by atoms with Crippen molar-refractivity contribution in [1.82, 2.24) is 9.78 Å². The Morgan fingerprint density at radius 2 is 2.00 bits per heavy atom. The molecule has 33 heavy (non-hydrogen) atoms. The fourth-order valence-electron chi connectivity index (χ4n) is 3.44. The Morgan fingerprint density at radius 1 is 1.18 bits per heavy atom. The molecule has 0 radical (unpaired) electrons. The summed E-state index contributed by atoms with van der Waals surface area (Å²) in [5, 5.41) is 4.51. The molecule has 3 aromatic rings. The molecule has 1 amide bonds. The van der Waals surface area contributed by atoms with Gasteiger partial charge in [-0.15, -0.1) is 0 Å². The van der Waals surface area contributed by atoms with Crippen LogP contribution in [-0.2, 0) is 9.53 Å². The number of nitrogens with zero attached hydrogens (tertiary/aromatic N) is 4. The zero-order chi connectivity index (χ0) is 23.2. The van der Waals surface area contributed by atoms with Crippen molar-refractivity contribution in [3.05, 3.63) is 89.0 Å². The van der Waals surface area contributed by atoms with Crippen molar-refractivity contribution in [2.75, 3.05) is 31.8 Å². The zero-order valence-corrected chi connectivity index (χ0v) is 18.0. The van der Waals surface area contributed by atoms with E-state index in [1.165, 1.54) is 30.1 Å². The molecule has 0 atom stereocenters. The van der Waals surface area contributed by atoms with Crippen LogP contribution in [0.4, 0.5) is 11.4 Å². The molecule has 9 heteroatoms. The molecule has 0 saturated carbocycles. The number of methoxy groups -OCH3 is 1. The summed E-state index contributed by atoms with van der Waals surface area (Å²) in [6.45, 7) is 0.984. The van der Waals surface area contributed by atoms with Gasteiger partial charge in [-0.3, -0.25) is 9.59 Å². The number of carbonyl (C=O) groups is 1. The number of aromatic nitrogens is 2. The highest BCUT2D eigenvalue weighted by Crippen LogP contribution is 2.29. The molecule has 168 valence electrons. The lowest BCUT2D eigenvalue weighted by Gasteiger charge is -2.27. The molecule has 0 bridgehead atoms. The molecule has 2 N–H and O–H groups in total. The van der Waals surface area contributed by atoms with E-state index in [1.807, 2.05) is 30.3 Å². The van der Waals surface area contributed by atoms with Gasteiger partial charge in [0, 0.05) is 30.6 Å². The van der Waals surface area contributed by atoms with Crippen molar-refractivity contribution in [3.8, 4) is 11.4 Å². The van der Waals surface area contributed by atoms with Gasteiger partial charge in [0.2, 0.25) is 5.43 Å². The van der Waals surface area contributed by atoms with E-state index in [2.05, 4.69) is 10.1 Å². The standard InChI is InChI=1S/C24H23N5O4/c1-32-22-15-18(28-13-14-33-16-23(28)31)7-8-20(22)29-12-10-21(30)24(27-29)19(9-11-25)26-17-5-3-2-4-6-17/h2-12,15H,13-14,16,25H2,1H3. The normalized spacial score (nSPS) is 14.6. The van der Waals surface area contributed by atoms with Crippen molar-refractivity contribution in [2.45, 2.75) is 0 Å². The summed E-state index contributed by atoms with van der Waals surface area (Å²) < 4.78 is 12.3. The number of nitrogens with two attached hydrogens (primary N) is 1. The van der Waals surface area contributed by atoms with Gasteiger partial charge in [-0.1, -0.05) is 18.2 Å². The first-order valence-corrected chi connectivity index (χ1v) is 10.3. The average molecular weight is 445 g/mol. The van der Waals surface area contributed by atoms with Crippen molar-refractivity contribution in [2.24, 2.45) is 10.7 Å². The van der Waals surface area contributed by atoms with Gasteiger partial charge in [0.25, 0.3) is 5.91 Å². The van der Waals surface area contributed by atoms with Crippen LogP contribution in [0.2, 0.25) is 0 Å². The molecule has 2 heterocycles. The van der Waals surface area contributed by atoms with Crippen molar-refractivity contribution < 1.29 is 14.3 Å². The summed E-state index contributed by atoms with van der Waals surface area (Å²) in [6.07, 6.45) is 4.40. The number of aliphatic imine (C=N–C) groups is 1. The number of hydrogen-bond donors (Lipinski definition) is 1. The van der Waals surface area contributed by atoms with Crippen LogP contribution in [0, 0.1) is 0 Å². The van der Waals surface area contributed by atoms with Crippen LogP contribution in [0.1, 0.15) is 5.69 Å². The summed E-state index contributed by atoms with van der Waals surface area (Å²) in [5.41, 5.74) is 7.73. The predicted molar refractivity (Wildman–Crippen MR) is 126 cm³/mol. The largest absolute Gasteiger partial charge is 0.494 e. The maximum Gasteiger partial charge on any atom is 0.253 e. The maximum absolute atomic E-state index is 12.6. The Bertz CT molecular complexity index is 1270. The van der Waals surface area contributed by atoms with Gasteiger partial charge >= 0.3 is 0 Å². The molecule has 1 aliphatic heterocycles. The third-order valence-corrected chi connectivity index (χ3v) is 5.02. The third kappa shape index (κ3) is 4.83. The highest BCUT2D eigenvalue weighted by atomic mass is 16.5. The van der Waals surface area contributed by atoms with Crippen LogP contribution >= 0.6 is 0 Å². The summed E-state index contributed by atoms with van der Waals surface area (Å²) in [5.74, 6) is 0.375. The quantitative estimate of drug-likeness (QED) is 0.582. The maximum atomic E-state index is 12.6. The van der Waals surface area contributed by atoms with E-state index in [1.54, 1.807) is 29.3 Å². The second kappa shape index (κ2) is 9.92. The molecule has 1 saturated heterocycles. The van der Waals surface area contributed by atoms with Gasteiger partial charge in [-0.05, 0) is 36.5 Å². The minimum Gasteiger partial charge on any atom is -0.494 e. The Morgan fingerprint density at radius 3 is 2.73 bits per heavy atom. The molecule has 4 rings (SSSR count). The van der Waals surface area contributed by atoms with Crippen molar-refractivity contribution in [3.63, 3.8) is 0 Å². The Kier molecular flexibility index (Phi) is 6.61. The van der Waals surface area contributed by atoms with Crippen LogP contribution in [-0.4, -0.2) is 48.3 Å². The number of amides is 1. The molecule has 1 fully saturated rings. The van der Waals surface area contributed by atoms with Gasteiger partial charge in [0.1, 0.15) is 18.0 Å².